The molecule has 0 unspecified atom stereocenters. The van der Waals surface area contributed by atoms with Crippen LogP contribution in [0.1, 0.15) is 96.4 Å². The molecule has 2 aliphatic rings. The van der Waals surface area contributed by atoms with Gasteiger partial charge in [0.2, 0.25) is 0 Å². The Morgan fingerprint density at radius 3 is 2.38 bits per heavy atom. The van der Waals surface area contributed by atoms with Crippen molar-refractivity contribution in [1.29, 1.82) is 0 Å². The summed E-state index contributed by atoms with van der Waals surface area (Å²) in [5, 5.41) is 10.3. The van der Waals surface area contributed by atoms with Gasteiger partial charge >= 0.3 is 5.97 Å². The number of rotatable bonds is 9. The van der Waals surface area contributed by atoms with E-state index in [4.69, 9.17) is 14.5 Å². The van der Waals surface area contributed by atoms with Gasteiger partial charge in [0.15, 0.2) is 6.10 Å². The van der Waals surface area contributed by atoms with Gasteiger partial charge in [-0.1, -0.05) is 26.2 Å². The summed E-state index contributed by atoms with van der Waals surface area (Å²) in [5.41, 5.74) is 3.61. The summed E-state index contributed by atoms with van der Waals surface area (Å²) < 4.78 is 12.0. The number of hydrogen-bond donors (Lipinski definition) is 1. The van der Waals surface area contributed by atoms with Gasteiger partial charge in [-0.25, -0.2) is 4.79 Å². The maximum absolute atomic E-state index is 12.6. The molecule has 0 bridgehead atoms. The van der Waals surface area contributed by atoms with Gasteiger partial charge in [-0.15, -0.1) is 0 Å². The summed E-state index contributed by atoms with van der Waals surface area (Å²) in [7, 11) is 0. The fourth-order valence-corrected chi connectivity index (χ4v) is 5.83. The Balaban J connectivity index is 1.76. The van der Waals surface area contributed by atoms with Gasteiger partial charge in [0.05, 0.1) is 29.8 Å². The van der Waals surface area contributed by atoms with Crippen molar-refractivity contribution >= 4 is 11.7 Å². The lowest BCUT2D eigenvalue weighted by atomic mass is 9.76. The zero-order chi connectivity index (χ0) is 26.6. The van der Waals surface area contributed by atoms with Crippen molar-refractivity contribution in [3.8, 4) is 17.0 Å². The molecule has 0 amide bonds. The molecule has 0 radical (unpaired) electrons. The van der Waals surface area contributed by atoms with E-state index < -0.39 is 17.7 Å². The predicted octanol–water partition coefficient (Wildman–Crippen LogP) is 6.73. The van der Waals surface area contributed by atoms with E-state index in [0.29, 0.717) is 23.3 Å². The molecule has 7 heteroatoms. The van der Waals surface area contributed by atoms with Crippen molar-refractivity contribution < 1.29 is 19.4 Å². The Morgan fingerprint density at radius 1 is 1.11 bits per heavy atom. The molecule has 2 fully saturated rings. The molecule has 3 heterocycles. The van der Waals surface area contributed by atoms with Crippen LogP contribution in [0.25, 0.3) is 11.3 Å². The average molecular weight is 510 g/mol. The number of carboxylic acid groups (broad SMARTS) is 1. The molecule has 1 saturated carbocycles. The van der Waals surface area contributed by atoms with E-state index in [1.54, 1.807) is 6.20 Å². The summed E-state index contributed by atoms with van der Waals surface area (Å²) in [6.07, 6.45) is 12.0. The average Bonchev–Trinajstić information content (AvgIpc) is 3.31. The molecule has 37 heavy (non-hydrogen) atoms. The molecule has 1 saturated heterocycles. The van der Waals surface area contributed by atoms with E-state index in [9.17, 15) is 9.90 Å². The number of ether oxygens (including phenoxy) is 2. The highest BCUT2D eigenvalue weighted by Crippen LogP contribution is 2.49. The lowest BCUT2D eigenvalue weighted by Gasteiger charge is -2.42. The SMILES string of the molecule is CCCCOc1ccc(-c2cnc(C)c([C@H](OC(C)(C)C)C(=O)O)c2N2CCC3(CCCC3)CC2)nc1. The van der Waals surface area contributed by atoms with Crippen LogP contribution in [-0.2, 0) is 9.53 Å². The molecule has 2 aromatic rings. The van der Waals surface area contributed by atoms with E-state index in [1.807, 2.05) is 46.0 Å². The number of unbranched alkanes of at least 4 members (excludes halogenated alkanes) is 1. The predicted molar refractivity (Wildman–Crippen MR) is 146 cm³/mol. The second kappa shape index (κ2) is 11.4. The summed E-state index contributed by atoms with van der Waals surface area (Å²) in [6, 6.07) is 3.88. The normalized spacial score (nSPS) is 18.2. The lowest BCUT2D eigenvalue weighted by molar-refractivity contribution is -0.160. The third-order valence-corrected chi connectivity index (χ3v) is 7.83. The van der Waals surface area contributed by atoms with Crippen LogP contribution in [-0.4, -0.2) is 46.3 Å². The molecule has 1 aliphatic heterocycles. The topological polar surface area (TPSA) is 84.8 Å². The molecule has 1 spiro atoms. The van der Waals surface area contributed by atoms with Gasteiger partial charge in [0, 0.05) is 36.1 Å². The van der Waals surface area contributed by atoms with E-state index in [0.717, 1.165) is 61.5 Å². The Morgan fingerprint density at radius 2 is 1.81 bits per heavy atom. The van der Waals surface area contributed by atoms with Crippen molar-refractivity contribution in [2.75, 3.05) is 24.6 Å². The molecule has 7 nitrogen and oxygen atoms in total. The number of pyridine rings is 2. The smallest absolute Gasteiger partial charge is 0.337 e. The number of carboxylic acids is 1. The number of aromatic nitrogens is 2. The Hall–Kier alpha value is -2.67. The largest absolute Gasteiger partial charge is 0.492 e. The quantitative estimate of drug-likeness (QED) is 0.375. The van der Waals surface area contributed by atoms with Gasteiger partial charge in [0.25, 0.3) is 0 Å². The van der Waals surface area contributed by atoms with Crippen LogP contribution in [0.3, 0.4) is 0 Å². The minimum Gasteiger partial charge on any atom is -0.492 e. The molecule has 1 aliphatic carbocycles. The number of aryl methyl sites for hydroxylation is 1. The van der Waals surface area contributed by atoms with Crippen molar-refractivity contribution in [2.24, 2.45) is 5.41 Å². The van der Waals surface area contributed by atoms with E-state index in [2.05, 4.69) is 16.8 Å². The summed E-state index contributed by atoms with van der Waals surface area (Å²) in [6.45, 7) is 12.1. The van der Waals surface area contributed by atoms with Gasteiger partial charge in [0.1, 0.15) is 5.75 Å². The first-order valence-electron chi connectivity index (χ1n) is 13.9. The fourth-order valence-electron chi connectivity index (χ4n) is 5.83. The minimum atomic E-state index is -1.12. The highest BCUT2D eigenvalue weighted by molar-refractivity contribution is 5.85. The number of piperidine rings is 1. The highest BCUT2D eigenvalue weighted by Gasteiger charge is 2.40. The summed E-state index contributed by atoms with van der Waals surface area (Å²) in [5.74, 6) is -0.269. The molecule has 1 N–H and O–H groups in total. The zero-order valence-corrected chi connectivity index (χ0v) is 23.2. The molecule has 2 aromatic heterocycles. The van der Waals surface area contributed by atoms with Crippen molar-refractivity contribution in [3.63, 3.8) is 0 Å². The van der Waals surface area contributed by atoms with E-state index in [1.165, 1.54) is 25.7 Å². The van der Waals surface area contributed by atoms with Crippen LogP contribution in [0.15, 0.2) is 24.5 Å². The third-order valence-electron chi connectivity index (χ3n) is 7.83. The summed E-state index contributed by atoms with van der Waals surface area (Å²) in [4.78, 5) is 24.3. The first-order chi connectivity index (χ1) is 17.6. The van der Waals surface area contributed by atoms with Crippen molar-refractivity contribution in [3.05, 3.63) is 35.8 Å². The van der Waals surface area contributed by atoms with Crippen LogP contribution in [0.2, 0.25) is 0 Å². The first-order valence-corrected chi connectivity index (χ1v) is 13.9. The Labute approximate surface area is 221 Å². The Kier molecular flexibility index (Phi) is 8.42. The molecular formula is C30H43N3O4. The molecule has 1 atom stereocenters. The van der Waals surface area contributed by atoms with Crippen molar-refractivity contribution in [1.82, 2.24) is 9.97 Å². The molecule has 202 valence electrons. The number of nitrogens with zero attached hydrogens (tertiary/aromatic N) is 3. The minimum absolute atomic E-state index is 0.447. The second-order valence-electron chi connectivity index (χ2n) is 11.7. The first kappa shape index (κ1) is 27.4. The maximum atomic E-state index is 12.6. The monoisotopic (exact) mass is 509 g/mol. The standard InChI is InChI=1S/C30H43N3O4/c1-6-7-18-36-22-10-11-24(32-19-22)23-20-31-21(2)25(27(28(34)35)37-29(3,4)5)26(23)33-16-14-30(15-17-33)12-8-9-13-30/h10-11,19-20,27H,6-9,12-18H2,1-5H3,(H,34,35)/t27-/m0/s1. The van der Waals surface area contributed by atoms with E-state index in [-0.39, 0.29) is 0 Å². The number of carbonyl (C=O) groups is 1. The number of aliphatic carboxylic acids is 1. The van der Waals surface area contributed by atoms with Gasteiger partial charge in [-0.2, -0.15) is 0 Å². The number of anilines is 1. The van der Waals surface area contributed by atoms with Gasteiger partial charge in [-0.3, -0.25) is 9.97 Å². The van der Waals surface area contributed by atoms with Crippen LogP contribution >= 0.6 is 0 Å². The fraction of sp³-hybridized carbons (Fsp3) is 0.633. The highest BCUT2D eigenvalue weighted by atomic mass is 16.5. The van der Waals surface area contributed by atoms with Crippen LogP contribution in [0.4, 0.5) is 5.69 Å². The zero-order valence-electron chi connectivity index (χ0n) is 23.2. The maximum Gasteiger partial charge on any atom is 0.337 e. The van der Waals surface area contributed by atoms with Crippen LogP contribution in [0.5, 0.6) is 5.75 Å². The second-order valence-corrected chi connectivity index (χ2v) is 11.7. The van der Waals surface area contributed by atoms with Crippen LogP contribution < -0.4 is 9.64 Å². The van der Waals surface area contributed by atoms with Crippen molar-refractivity contribution in [2.45, 2.75) is 97.7 Å². The van der Waals surface area contributed by atoms with Gasteiger partial charge in [-0.05, 0) is 77.3 Å². The van der Waals surface area contributed by atoms with Gasteiger partial charge < -0.3 is 19.5 Å². The third kappa shape index (κ3) is 6.43. The molecule has 0 aromatic carbocycles. The molecule has 4 rings (SSSR count). The van der Waals surface area contributed by atoms with E-state index >= 15 is 0 Å². The summed E-state index contributed by atoms with van der Waals surface area (Å²) >= 11 is 0. The van der Waals surface area contributed by atoms with Crippen LogP contribution in [0, 0.1) is 12.3 Å². The Bertz CT molecular complexity index is 1060. The number of hydrogen-bond acceptors (Lipinski definition) is 6. The molecular weight excluding hydrogens is 466 g/mol. The lowest BCUT2D eigenvalue weighted by Crippen LogP contribution is -2.40.